The van der Waals surface area contributed by atoms with E-state index in [9.17, 15) is 24.1 Å². The van der Waals surface area contributed by atoms with E-state index in [1.165, 1.54) is 19.2 Å². The summed E-state index contributed by atoms with van der Waals surface area (Å²) in [6.45, 7) is -0.713. The zero-order valence-corrected chi connectivity index (χ0v) is 14.1. The minimum absolute atomic E-state index is 0.0864. The van der Waals surface area contributed by atoms with Crippen LogP contribution in [-0.4, -0.2) is 30.5 Å². The molecule has 10 heteroatoms. The van der Waals surface area contributed by atoms with Gasteiger partial charge in [-0.1, -0.05) is 11.6 Å². The molecule has 26 heavy (non-hydrogen) atoms. The average Bonchev–Trinajstić information content (AvgIpc) is 2.59. The maximum atomic E-state index is 13.0. The molecule has 2 aromatic carbocycles. The normalized spacial score (nSPS) is 10.1. The van der Waals surface area contributed by atoms with Crippen LogP contribution in [0.25, 0.3) is 0 Å². The summed E-state index contributed by atoms with van der Waals surface area (Å²) in [5, 5.41) is 13.2. The predicted molar refractivity (Wildman–Crippen MR) is 90.0 cm³/mol. The molecule has 0 saturated heterocycles. The molecule has 0 aliphatic heterocycles. The van der Waals surface area contributed by atoms with Crippen molar-refractivity contribution >= 4 is 34.9 Å². The summed E-state index contributed by atoms with van der Waals surface area (Å²) in [6, 6.07) is 6.91. The van der Waals surface area contributed by atoms with Crippen molar-refractivity contribution in [3.63, 3.8) is 0 Å². The smallest absolute Gasteiger partial charge is 0.340 e. The Morgan fingerprint density at radius 1 is 1.27 bits per heavy atom. The molecule has 0 atom stereocenters. The van der Waals surface area contributed by atoms with Gasteiger partial charge in [0.2, 0.25) is 0 Å². The molecule has 1 amide bonds. The molecule has 0 aliphatic rings. The first-order valence-electron chi connectivity index (χ1n) is 7.06. The van der Waals surface area contributed by atoms with E-state index in [2.05, 4.69) is 5.32 Å². The number of rotatable bonds is 6. The molecule has 0 spiro atoms. The molecule has 0 fully saturated rings. The van der Waals surface area contributed by atoms with Gasteiger partial charge < -0.3 is 14.8 Å². The first kappa shape index (κ1) is 19.1. The number of methoxy groups -OCH3 is 1. The summed E-state index contributed by atoms with van der Waals surface area (Å²) in [4.78, 5) is 34.1. The number of amides is 1. The van der Waals surface area contributed by atoms with E-state index in [1.807, 2.05) is 0 Å². The molecule has 2 rings (SSSR count). The summed E-state index contributed by atoms with van der Waals surface area (Å²) < 4.78 is 22.6. The van der Waals surface area contributed by atoms with Crippen LogP contribution in [0.4, 0.5) is 15.8 Å². The molecule has 0 heterocycles. The molecule has 0 aromatic heterocycles. The highest BCUT2D eigenvalue weighted by Gasteiger charge is 2.19. The Bertz CT molecular complexity index is 874. The van der Waals surface area contributed by atoms with Crippen molar-refractivity contribution in [1.29, 1.82) is 0 Å². The fourth-order valence-electron chi connectivity index (χ4n) is 1.95. The molecule has 0 saturated carbocycles. The Labute approximate surface area is 151 Å². The van der Waals surface area contributed by atoms with Crippen molar-refractivity contribution in [2.45, 2.75) is 0 Å². The Hall–Kier alpha value is -3.20. The lowest BCUT2D eigenvalue weighted by Gasteiger charge is -2.09. The van der Waals surface area contributed by atoms with E-state index in [1.54, 1.807) is 0 Å². The van der Waals surface area contributed by atoms with Gasteiger partial charge in [0.1, 0.15) is 17.3 Å². The number of carbonyl (C=O) groups excluding carboxylic acids is 2. The monoisotopic (exact) mass is 382 g/mol. The van der Waals surface area contributed by atoms with Crippen molar-refractivity contribution < 1.29 is 28.4 Å². The molecule has 0 unspecified atom stereocenters. The standard InChI is InChI=1S/C16H12ClFN2O6/c1-25-10-3-5-13(14(7-10)20(23)24)19-15(21)8-26-16(22)11-4-2-9(18)6-12(11)17/h2-7H,8H2,1H3,(H,19,21). The second kappa shape index (κ2) is 8.26. The molecule has 0 aliphatic carbocycles. The van der Waals surface area contributed by atoms with E-state index in [0.717, 1.165) is 24.3 Å². The fraction of sp³-hybridized carbons (Fsp3) is 0.125. The Balaban J connectivity index is 2.03. The number of halogens is 2. The van der Waals surface area contributed by atoms with E-state index in [4.69, 9.17) is 21.1 Å². The van der Waals surface area contributed by atoms with E-state index in [-0.39, 0.29) is 27.7 Å². The van der Waals surface area contributed by atoms with Gasteiger partial charge in [-0.15, -0.1) is 0 Å². The summed E-state index contributed by atoms with van der Waals surface area (Å²) in [5.74, 6) is -2.12. The highest BCUT2D eigenvalue weighted by atomic mass is 35.5. The fourth-order valence-corrected chi connectivity index (χ4v) is 2.19. The van der Waals surface area contributed by atoms with Crippen molar-refractivity contribution in [3.05, 3.63) is 62.9 Å². The summed E-state index contributed by atoms with van der Waals surface area (Å²) >= 11 is 5.73. The highest BCUT2D eigenvalue weighted by Crippen LogP contribution is 2.28. The molecular weight excluding hydrogens is 371 g/mol. The second-order valence-electron chi connectivity index (χ2n) is 4.89. The first-order chi connectivity index (χ1) is 12.3. The minimum Gasteiger partial charge on any atom is -0.496 e. The summed E-state index contributed by atoms with van der Waals surface area (Å²) in [7, 11) is 1.34. The SMILES string of the molecule is COc1ccc(NC(=O)COC(=O)c2ccc(F)cc2Cl)c([N+](=O)[O-])c1. The van der Waals surface area contributed by atoms with Crippen LogP contribution in [0.1, 0.15) is 10.4 Å². The average molecular weight is 383 g/mol. The van der Waals surface area contributed by atoms with E-state index < -0.39 is 29.2 Å². The highest BCUT2D eigenvalue weighted by molar-refractivity contribution is 6.33. The Kier molecular flexibility index (Phi) is 6.07. The Morgan fingerprint density at radius 2 is 2.00 bits per heavy atom. The maximum absolute atomic E-state index is 13.0. The zero-order valence-electron chi connectivity index (χ0n) is 13.3. The number of ether oxygens (including phenoxy) is 2. The summed E-state index contributed by atoms with van der Waals surface area (Å²) in [5.41, 5.74) is -0.585. The van der Waals surface area contributed by atoms with Gasteiger partial charge in [-0.2, -0.15) is 0 Å². The third kappa shape index (κ3) is 4.67. The van der Waals surface area contributed by atoms with E-state index >= 15 is 0 Å². The number of nitrogens with zero attached hydrogens (tertiary/aromatic N) is 1. The lowest BCUT2D eigenvalue weighted by Crippen LogP contribution is -2.21. The van der Waals surface area contributed by atoms with Crippen molar-refractivity contribution in [2.24, 2.45) is 0 Å². The van der Waals surface area contributed by atoms with Gasteiger partial charge in [0.25, 0.3) is 11.6 Å². The van der Waals surface area contributed by atoms with Crippen LogP contribution in [0.2, 0.25) is 5.02 Å². The number of anilines is 1. The van der Waals surface area contributed by atoms with Crippen LogP contribution in [0.5, 0.6) is 5.75 Å². The van der Waals surface area contributed by atoms with Crippen molar-refractivity contribution in [1.82, 2.24) is 0 Å². The van der Waals surface area contributed by atoms with Crippen LogP contribution < -0.4 is 10.1 Å². The molecule has 2 aromatic rings. The molecule has 0 bridgehead atoms. The third-order valence-electron chi connectivity index (χ3n) is 3.16. The number of hydrogen-bond donors (Lipinski definition) is 1. The van der Waals surface area contributed by atoms with Crippen molar-refractivity contribution in [2.75, 3.05) is 19.0 Å². The number of nitro groups is 1. The van der Waals surface area contributed by atoms with Gasteiger partial charge >= 0.3 is 5.97 Å². The van der Waals surface area contributed by atoms with Gasteiger partial charge in [0, 0.05) is 0 Å². The van der Waals surface area contributed by atoms with Crippen LogP contribution in [0.3, 0.4) is 0 Å². The minimum atomic E-state index is -0.936. The maximum Gasteiger partial charge on any atom is 0.340 e. The molecular formula is C16H12ClFN2O6. The number of benzene rings is 2. The quantitative estimate of drug-likeness (QED) is 0.467. The van der Waals surface area contributed by atoms with Gasteiger partial charge in [-0.3, -0.25) is 14.9 Å². The number of nitrogens with one attached hydrogen (secondary N) is 1. The predicted octanol–water partition coefficient (Wildman–Crippen LogP) is 3.19. The van der Waals surface area contributed by atoms with Crippen LogP contribution in [0.15, 0.2) is 36.4 Å². The van der Waals surface area contributed by atoms with Gasteiger partial charge in [-0.05, 0) is 30.3 Å². The number of carbonyl (C=O) groups is 2. The van der Waals surface area contributed by atoms with Gasteiger partial charge in [-0.25, -0.2) is 9.18 Å². The Morgan fingerprint density at radius 3 is 2.62 bits per heavy atom. The second-order valence-corrected chi connectivity index (χ2v) is 5.30. The number of hydrogen-bond acceptors (Lipinski definition) is 6. The summed E-state index contributed by atoms with van der Waals surface area (Å²) in [6.07, 6.45) is 0. The topological polar surface area (TPSA) is 108 Å². The van der Waals surface area contributed by atoms with Crippen LogP contribution in [0, 0.1) is 15.9 Å². The van der Waals surface area contributed by atoms with E-state index in [0.29, 0.717) is 0 Å². The van der Waals surface area contributed by atoms with Crippen molar-refractivity contribution in [3.8, 4) is 5.75 Å². The number of nitro benzene ring substituents is 1. The van der Waals surface area contributed by atoms with Gasteiger partial charge in [0.05, 0.1) is 28.7 Å². The van der Waals surface area contributed by atoms with Crippen LogP contribution >= 0.6 is 11.6 Å². The van der Waals surface area contributed by atoms with Crippen LogP contribution in [-0.2, 0) is 9.53 Å². The molecule has 0 radical (unpaired) electrons. The number of esters is 1. The third-order valence-corrected chi connectivity index (χ3v) is 3.47. The van der Waals surface area contributed by atoms with Gasteiger partial charge in [0.15, 0.2) is 6.61 Å². The first-order valence-corrected chi connectivity index (χ1v) is 7.44. The molecule has 1 N–H and O–H groups in total. The zero-order chi connectivity index (χ0) is 19.3. The largest absolute Gasteiger partial charge is 0.496 e. The molecule has 136 valence electrons. The molecule has 8 nitrogen and oxygen atoms in total. The lowest BCUT2D eigenvalue weighted by atomic mass is 10.2. The lowest BCUT2D eigenvalue weighted by molar-refractivity contribution is -0.384.